The number of aromatic nitrogens is 4. The van der Waals surface area contributed by atoms with Gasteiger partial charge in [0.1, 0.15) is 17.8 Å². The highest BCUT2D eigenvalue weighted by molar-refractivity contribution is 5.89. The molecule has 0 radical (unpaired) electrons. The van der Waals surface area contributed by atoms with E-state index in [4.69, 9.17) is 4.74 Å². The molecule has 1 aliphatic heterocycles. The Hall–Kier alpha value is -3.36. The van der Waals surface area contributed by atoms with Crippen LogP contribution < -0.4 is 15.0 Å². The summed E-state index contributed by atoms with van der Waals surface area (Å²) in [5.41, 5.74) is 1.54. The summed E-state index contributed by atoms with van der Waals surface area (Å²) >= 11 is 0. The summed E-state index contributed by atoms with van der Waals surface area (Å²) in [6.45, 7) is 1.57. The van der Waals surface area contributed by atoms with Gasteiger partial charge in [-0.3, -0.25) is 0 Å². The Kier molecular flexibility index (Phi) is 4.65. The van der Waals surface area contributed by atoms with Crippen molar-refractivity contribution in [3.63, 3.8) is 0 Å². The molecule has 2 amide bonds. The molecule has 0 unspecified atom stereocenters. The van der Waals surface area contributed by atoms with Crippen molar-refractivity contribution in [1.29, 1.82) is 0 Å². The highest BCUT2D eigenvalue weighted by Gasteiger charge is 2.44. The quantitative estimate of drug-likeness (QED) is 0.690. The van der Waals surface area contributed by atoms with Crippen LogP contribution in [0.4, 0.5) is 16.3 Å². The lowest BCUT2D eigenvalue weighted by molar-refractivity contribution is 0.218. The minimum Gasteiger partial charge on any atom is -0.481 e. The van der Waals surface area contributed by atoms with E-state index in [2.05, 4.69) is 37.2 Å². The summed E-state index contributed by atoms with van der Waals surface area (Å²) in [6, 6.07) is 5.92. The third-order valence-electron chi connectivity index (χ3n) is 6.42. The maximum Gasteiger partial charge on any atom is 0.321 e. The Labute approximate surface area is 174 Å². The lowest BCUT2D eigenvalue weighted by Crippen LogP contribution is -2.36. The number of hydrogen-bond acceptors (Lipinski definition) is 6. The molecule has 0 aromatic carbocycles. The van der Waals surface area contributed by atoms with Gasteiger partial charge in [-0.2, -0.15) is 0 Å². The fourth-order valence-electron chi connectivity index (χ4n) is 4.84. The van der Waals surface area contributed by atoms with Crippen molar-refractivity contribution in [3.8, 4) is 5.88 Å². The molecular formula is C21H25N7O2. The zero-order valence-corrected chi connectivity index (χ0v) is 17.1. The number of hydrogen-bond donors (Lipinski definition) is 2. The molecule has 4 heterocycles. The van der Waals surface area contributed by atoms with Gasteiger partial charge < -0.3 is 24.8 Å². The van der Waals surface area contributed by atoms with Crippen LogP contribution in [0.1, 0.15) is 12.8 Å². The van der Waals surface area contributed by atoms with E-state index in [1.165, 1.54) is 0 Å². The van der Waals surface area contributed by atoms with Crippen molar-refractivity contribution in [3.05, 3.63) is 36.9 Å². The van der Waals surface area contributed by atoms with Gasteiger partial charge in [0.15, 0.2) is 0 Å². The first-order valence-corrected chi connectivity index (χ1v) is 10.2. The van der Waals surface area contributed by atoms with Gasteiger partial charge in [-0.25, -0.2) is 19.7 Å². The van der Waals surface area contributed by atoms with Gasteiger partial charge in [0, 0.05) is 38.4 Å². The molecule has 1 aliphatic carbocycles. The van der Waals surface area contributed by atoms with Crippen molar-refractivity contribution < 1.29 is 9.53 Å². The Morgan fingerprint density at radius 1 is 1.20 bits per heavy atom. The van der Waals surface area contributed by atoms with Crippen LogP contribution in [0, 0.1) is 11.8 Å². The average Bonchev–Trinajstić information content (AvgIpc) is 3.48. The fourth-order valence-corrected chi connectivity index (χ4v) is 4.84. The molecule has 2 fully saturated rings. The molecule has 5 rings (SSSR count). The summed E-state index contributed by atoms with van der Waals surface area (Å²) in [7, 11) is 3.68. The molecule has 156 valence electrons. The zero-order valence-electron chi connectivity index (χ0n) is 17.1. The highest BCUT2D eigenvalue weighted by atomic mass is 16.5. The van der Waals surface area contributed by atoms with E-state index in [-0.39, 0.29) is 6.03 Å². The van der Waals surface area contributed by atoms with E-state index >= 15 is 0 Å². The van der Waals surface area contributed by atoms with Gasteiger partial charge in [-0.15, -0.1) is 0 Å². The van der Waals surface area contributed by atoms with E-state index in [1.807, 2.05) is 17.2 Å². The van der Waals surface area contributed by atoms with E-state index in [0.717, 1.165) is 42.8 Å². The number of nitrogens with one attached hydrogen (secondary N) is 2. The standard InChI is InChI=1S/C21H25N7O2/c1-27(20-17-5-6-22-19(17)24-12-25-20)16-7-13-10-28(11-14(13)8-16)21(29)26-15-3-4-18(30-2)23-9-15/h3-6,9,12-14,16H,7-8,10-11H2,1-2H3,(H,26,29)(H,22,24,25)/t13-,14+,16+. The topological polar surface area (TPSA) is 99.3 Å². The largest absolute Gasteiger partial charge is 0.481 e. The van der Waals surface area contributed by atoms with Crippen LogP contribution in [-0.2, 0) is 0 Å². The molecule has 3 aromatic heterocycles. The molecule has 3 atom stereocenters. The molecule has 9 nitrogen and oxygen atoms in total. The molecule has 30 heavy (non-hydrogen) atoms. The first kappa shape index (κ1) is 18.7. The van der Waals surface area contributed by atoms with Gasteiger partial charge in [0.05, 0.1) is 24.4 Å². The summed E-state index contributed by atoms with van der Waals surface area (Å²) in [4.78, 5) is 33.0. The lowest BCUT2D eigenvalue weighted by Gasteiger charge is -2.28. The van der Waals surface area contributed by atoms with Gasteiger partial charge in [0.25, 0.3) is 0 Å². The fraction of sp³-hybridized carbons (Fsp3) is 0.429. The first-order valence-electron chi connectivity index (χ1n) is 10.2. The van der Waals surface area contributed by atoms with E-state index < -0.39 is 0 Å². The maximum atomic E-state index is 12.7. The molecule has 2 N–H and O–H groups in total. The summed E-state index contributed by atoms with van der Waals surface area (Å²) in [6.07, 6.45) is 7.24. The number of amides is 2. The number of aromatic amines is 1. The van der Waals surface area contributed by atoms with E-state index in [1.54, 1.807) is 31.8 Å². The number of carbonyl (C=O) groups is 1. The molecule has 1 saturated heterocycles. The van der Waals surface area contributed by atoms with Crippen molar-refractivity contribution in [2.24, 2.45) is 11.8 Å². The van der Waals surface area contributed by atoms with Gasteiger partial charge >= 0.3 is 6.03 Å². The smallest absolute Gasteiger partial charge is 0.321 e. The van der Waals surface area contributed by atoms with Gasteiger partial charge in [-0.1, -0.05) is 0 Å². The number of likely N-dealkylation sites (tertiary alicyclic amines) is 1. The molecule has 0 spiro atoms. The lowest BCUT2D eigenvalue weighted by atomic mass is 10.0. The van der Waals surface area contributed by atoms with Crippen LogP contribution in [0.3, 0.4) is 0 Å². The SMILES string of the molecule is COc1ccc(NC(=O)N2C[C@H]3C[C@H](N(C)c4ncnc5[nH]ccc45)C[C@H]3C2)cn1. The number of pyridine rings is 1. The van der Waals surface area contributed by atoms with Crippen LogP contribution >= 0.6 is 0 Å². The number of anilines is 2. The molecule has 0 bridgehead atoms. The number of urea groups is 1. The molecular weight excluding hydrogens is 382 g/mol. The second kappa shape index (κ2) is 7.47. The summed E-state index contributed by atoms with van der Waals surface area (Å²) in [5, 5.41) is 3.99. The van der Waals surface area contributed by atoms with Crippen LogP contribution in [-0.4, -0.2) is 64.2 Å². The predicted molar refractivity (Wildman–Crippen MR) is 114 cm³/mol. The first-order chi connectivity index (χ1) is 14.6. The highest BCUT2D eigenvalue weighted by Crippen LogP contribution is 2.41. The number of methoxy groups -OCH3 is 1. The van der Waals surface area contributed by atoms with Crippen molar-refractivity contribution in [1.82, 2.24) is 24.8 Å². The minimum absolute atomic E-state index is 0.0638. The van der Waals surface area contributed by atoms with Crippen LogP contribution in [0.5, 0.6) is 5.88 Å². The monoisotopic (exact) mass is 407 g/mol. The van der Waals surface area contributed by atoms with Crippen molar-refractivity contribution in [2.45, 2.75) is 18.9 Å². The third-order valence-corrected chi connectivity index (χ3v) is 6.42. The van der Waals surface area contributed by atoms with E-state index in [0.29, 0.717) is 29.4 Å². The van der Waals surface area contributed by atoms with Crippen LogP contribution in [0.15, 0.2) is 36.9 Å². The Morgan fingerprint density at radius 3 is 2.70 bits per heavy atom. The molecule has 9 heteroatoms. The average molecular weight is 407 g/mol. The number of rotatable bonds is 4. The Balaban J connectivity index is 1.20. The predicted octanol–water partition coefficient (Wildman–Crippen LogP) is 2.74. The minimum atomic E-state index is -0.0638. The number of carbonyl (C=O) groups excluding carboxylic acids is 1. The number of H-pyrrole nitrogens is 1. The van der Waals surface area contributed by atoms with Crippen molar-refractivity contribution >= 4 is 28.6 Å². The van der Waals surface area contributed by atoms with Crippen LogP contribution in [0.2, 0.25) is 0 Å². The Bertz CT molecular complexity index is 1040. The molecule has 1 saturated carbocycles. The Morgan fingerprint density at radius 2 is 2.00 bits per heavy atom. The third kappa shape index (κ3) is 3.30. The normalized spacial score (nSPS) is 22.9. The molecule has 3 aromatic rings. The zero-order chi connectivity index (χ0) is 20.7. The van der Waals surface area contributed by atoms with Crippen molar-refractivity contribution in [2.75, 3.05) is 37.5 Å². The summed E-state index contributed by atoms with van der Waals surface area (Å²) < 4.78 is 5.06. The van der Waals surface area contributed by atoms with E-state index in [9.17, 15) is 4.79 Å². The summed E-state index contributed by atoms with van der Waals surface area (Å²) in [5.74, 6) is 2.52. The number of fused-ring (bicyclic) bond motifs is 2. The number of ether oxygens (including phenoxy) is 1. The van der Waals surface area contributed by atoms with Gasteiger partial charge in [0.2, 0.25) is 5.88 Å². The maximum absolute atomic E-state index is 12.7. The second-order valence-corrected chi connectivity index (χ2v) is 8.12. The van der Waals surface area contributed by atoms with Crippen LogP contribution in [0.25, 0.3) is 11.0 Å². The second-order valence-electron chi connectivity index (χ2n) is 8.12. The number of nitrogens with zero attached hydrogens (tertiary/aromatic N) is 5. The molecule has 2 aliphatic rings. The van der Waals surface area contributed by atoms with Gasteiger partial charge in [-0.05, 0) is 36.8 Å².